The van der Waals surface area contributed by atoms with E-state index in [1.807, 2.05) is 29.2 Å². The lowest BCUT2D eigenvalue weighted by molar-refractivity contribution is -0.117. The molecule has 1 heterocycles. The highest BCUT2D eigenvalue weighted by molar-refractivity contribution is 5.93. The molecular formula is C15H19N3O2. The molecule has 1 N–H and O–H groups in total. The van der Waals surface area contributed by atoms with Crippen molar-refractivity contribution in [2.75, 3.05) is 32.1 Å². The summed E-state index contributed by atoms with van der Waals surface area (Å²) >= 11 is 0. The van der Waals surface area contributed by atoms with Crippen LogP contribution in [-0.2, 0) is 4.79 Å². The predicted octanol–water partition coefficient (Wildman–Crippen LogP) is 1.87. The maximum Gasteiger partial charge on any atom is 0.238 e. The van der Waals surface area contributed by atoms with E-state index >= 15 is 0 Å². The van der Waals surface area contributed by atoms with Gasteiger partial charge in [-0.25, -0.2) is 0 Å². The monoisotopic (exact) mass is 273 g/mol. The van der Waals surface area contributed by atoms with E-state index in [0.717, 1.165) is 19.4 Å². The van der Waals surface area contributed by atoms with Crippen LogP contribution in [0.3, 0.4) is 0 Å². The first-order valence-electron chi connectivity index (χ1n) is 6.77. The molecule has 0 aromatic heterocycles. The van der Waals surface area contributed by atoms with E-state index in [0.29, 0.717) is 24.5 Å². The lowest BCUT2D eigenvalue weighted by atomic mass is 10.00. The first kappa shape index (κ1) is 14.4. The van der Waals surface area contributed by atoms with Gasteiger partial charge in [0.25, 0.3) is 0 Å². The number of carbonyl (C=O) groups is 1. The first-order valence-corrected chi connectivity index (χ1v) is 6.77. The summed E-state index contributed by atoms with van der Waals surface area (Å²) in [6.45, 7) is 1.86. The van der Waals surface area contributed by atoms with Gasteiger partial charge in [-0.3, -0.25) is 9.69 Å². The molecule has 0 bridgehead atoms. The first-order chi connectivity index (χ1) is 9.72. The van der Waals surface area contributed by atoms with E-state index in [4.69, 9.17) is 10.00 Å². The van der Waals surface area contributed by atoms with E-state index in [-0.39, 0.29) is 11.8 Å². The average Bonchev–Trinajstić information content (AvgIpc) is 2.48. The van der Waals surface area contributed by atoms with Gasteiger partial charge in [-0.15, -0.1) is 0 Å². The minimum absolute atomic E-state index is 0.0443. The minimum Gasteiger partial charge on any atom is -0.495 e. The highest BCUT2D eigenvalue weighted by Crippen LogP contribution is 2.23. The number of benzene rings is 1. The minimum atomic E-state index is -0.0758. The number of nitrogens with one attached hydrogen (secondary N) is 1. The molecular weight excluding hydrogens is 254 g/mol. The smallest absolute Gasteiger partial charge is 0.238 e. The highest BCUT2D eigenvalue weighted by Gasteiger charge is 2.21. The van der Waals surface area contributed by atoms with E-state index in [2.05, 4.69) is 11.4 Å². The van der Waals surface area contributed by atoms with Crippen LogP contribution in [0.4, 0.5) is 5.69 Å². The zero-order chi connectivity index (χ0) is 14.4. The number of nitriles is 1. The number of amides is 1. The molecule has 2 rings (SSSR count). The van der Waals surface area contributed by atoms with Crippen LogP contribution in [0.25, 0.3) is 0 Å². The number of para-hydroxylation sites is 2. The van der Waals surface area contributed by atoms with E-state index < -0.39 is 0 Å². The highest BCUT2D eigenvalue weighted by atomic mass is 16.5. The molecule has 1 fully saturated rings. The number of hydrogen-bond acceptors (Lipinski definition) is 4. The van der Waals surface area contributed by atoms with E-state index in [1.54, 1.807) is 7.11 Å². The summed E-state index contributed by atoms with van der Waals surface area (Å²) in [5, 5.41) is 11.8. The van der Waals surface area contributed by atoms with Crippen LogP contribution in [0, 0.1) is 17.2 Å². The Kier molecular flexibility index (Phi) is 4.97. The summed E-state index contributed by atoms with van der Waals surface area (Å²) in [7, 11) is 1.58. The van der Waals surface area contributed by atoms with Gasteiger partial charge in [0.1, 0.15) is 5.75 Å². The summed E-state index contributed by atoms with van der Waals surface area (Å²) < 4.78 is 5.20. The molecule has 106 valence electrons. The third-order valence-electron chi connectivity index (χ3n) is 3.44. The number of ether oxygens (including phenoxy) is 1. The van der Waals surface area contributed by atoms with Crippen molar-refractivity contribution in [3.8, 4) is 11.8 Å². The second-order valence-electron chi connectivity index (χ2n) is 4.95. The SMILES string of the molecule is COc1ccccc1NC(=O)CN1CCCC(C#N)C1. The summed E-state index contributed by atoms with van der Waals surface area (Å²) in [5.74, 6) is 0.616. The Morgan fingerprint density at radius 2 is 2.35 bits per heavy atom. The van der Waals surface area contributed by atoms with Gasteiger partial charge < -0.3 is 10.1 Å². The zero-order valence-corrected chi connectivity index (χ0v) is 11.6. The lowest BCUT2D eigenvalue weighted by Crippen LogP contribution is -2.40. The number of piperidine rings is 1. The molecule has 5 heteroatoms. The number of rotatable bonds is 4. The van der Waals surface area contributed by atoms with E-state index in [9.17, 15) is 4.79 Å². The second-order valence-corrected chi connectivity index (χ2v) is 4.95. The third-order valence-corrected chi connectivity index (χ3v) is 3.44. The molecule has 20 heavy (non-hydrogen) atoms. The molecule has 0 aliphatic carbocycles. The van der Waals surface area contributed by atoms with Gasteiger partial charge in [-0.2, -0.15) is 5.26 Å². The molecule has 1 aliphatic heterocycles. The van der Waals surface area contributed by atoms with Gasteiger partial charge in [-0.1, -0.05) is 12.1 Å². The molecule has 1 unspecified atom stereocenters. The molecule has 5 nitrogen and oxygen atoms in total. The van der Waals surface area contributed by atoms with Crippen LogP contribution in [0.1, 0.15) is 12.8 Å². The van der Waals surface area contributed by atoms with Crippen LogP contribution < -0.4 is 10.1 Å². The quantitative estimate of drug-likeness (QED) is 0.909. The fraction of sp³-hybridized carbons (Fsp3) is 0.467. The number of carbonyl (C=O) groups excluding carboxylic acids is 1. The molecule has 1 aliphatic rings. The van der Waals surface area contributed by atoms with Gasteiger partial charge in [0.05, 0.1) is 31.3 Å². The van der Waals surface area contributed by atoms with Crippen molar-refractivity contribution in [1.82, 2.24) is 4.90 Å². The Balaban J connectivity index is 1.91. The third kappa shape index (κ3) is 3.72. The summed E-state index contributed by atoms with van der Waals surface area (Å²) in [5.41, 5.74) is 0.675. The fourth-order valence-electron chi connectivity index (χ4n) is 2.45. The van der Waals surface area contributed by atoms with Gasteiger partial charge in [0.15, 0.2) is 0 Å². The Morgan fingerprint density at radius 1 is 1.55 bits per heavy atom. The van der Waals surface area contributed by atoms with Gasteiger partial charge in [0.2, 0.25) is 5.91 Å². The molecule has 0 saturated carbocycles. The molecule has 1 aromatic rings. The number of methoxy groups -OCH3 is 1. The van der Waals surface area contributed by atoms with Gasteiger partial charge in [-0.05, 0) is 31.5 Å². The number of hydrogen-bond donors (Lipinski definition) is 1. The second kappa shape index (κ2) is 6.92. The Hall–Kier alpha value is -2.06. The topological polar surface area (TPSA) is 65.4 Å². The van der Waals surface area contributed by atoms with Crippen LogP contribution in [0.2, 0.25) is 0 Å². The van der Waals surface area contributed by atoms with E-state index in [1.165, 1.54) is 0 Å². The maximum absolute atomic E-state index is 12.1. The average molecular weight is 273 g/mol. The van der Waals surface area contributed by atoms with Crippen LogP contribution in [0.15, 0.2) is 24.3 Å². The molecule has 0 spiro atoms. The van der Waals surface area contributed by atoms with Crippen molar-refractivity contribution < 1.29 is 9.53 Å². The van der Waals surface area contributed by atoms with Crippen LogP contribution >= 0.6 is 0 Å². The molecule has 1 amide bonds. The maximum atomic E-state index is 12.1. The van der Waals surface area contributed by atoms with Crippen molar-refractivity contribution in [2.24, 2.45) is 5.92 Å². The fourth-order valence-corrected chi connectivity index (χ4v) is 2.45. The van der Waals surface area contributed by atoms with Crippen molar-refractivity contribution in [2.45, 2.75) is 12.8 Å². The normalized spacial score (nSPS) is 19.1. The summed E-state index contributed by atoms with van der Waals surface area (Å²) in [4.78, 5) is 14.1. The lowest BCUT2D eigenvalue weighted by Gasteiger charge is -2.28. The molecule has 0 radical (unpaired) electrons. The van der Waals surface area contributed by atoms with Crippen LogP contribution in [0.5, 0.6) is 5.75 Å². The van der Waals surface area contributed by atoms with Crippen molar-refractivity contribution in [3.05, 3.63) is 24.3 Å². The molecule has 1 aromatic carbocycles. The summed E-state index contributed by atoms with van der Waals surface area (Å²) in [6.07, 6.45) is 1.90. The Bertz CT molecular complexity index is 510. The predicted molar refractivity (Wildman–Crippen MR) is 76.4 cm³/mol. The van der Waals surface area contributed by atoms with Crippen molar-refractivity contribution >= 4 is 11.6 Å². The van der Waals surface area contributed by atoms with Gasteiger partial charge >= 0.3 is 0 Å². The number of nitrogens with zero attached hydrogens (tertiary/aromatic N) is 2. The van der Waals surface area contributed by atoms with Crippen molar-refractivity contribution in [3.63, 3.8) is 0 Å². The summed E-state index contributed by atoms with van der Waals surface area (Å²) in [6, 6.07) is 9.61. The Morgan fingerprint density at radius 3 is 3.10 bits per heavy atom. The zero-order valence-electron chi connectivity index (χ0n) is 11.6. The Labute approximate surface area is 119 Å². The largest absolute Gasteiger partial charge is 0.495 e. The molecule has 1 saturated heterocycles. The van der Waals surface area contributed by atoms with Crippen molar-refractivity contribution in [1.29, 1.82) is 5.26 Å². The van der Waals surface area contributed by atoms with Crippen LogP contribution in [-0.4, -0.2) is 37.6 Å². The molecule has 1 atom stereocenters. The number of anilines is 1. The number of likely N-dealkylation sites (tertiary alicyclic amines) is 1. The van der Waals surface area contributed by atoms with Gasteiger partial charge in [0, 0.05) is 6.54 Å². The standard InChI is InChI=1S/C15H19N3O2/c1-20-14-7-3-2-6-13(14)17-15(19)11-18-8-4-5-12(9-16)10-18/h2-3,6-7,12H,4-5,8,10-11H2,1H3,(H,17,19).